The number of ether oxygens (including phenoxy) is 1. The van der Waals surface area contributed by atoms with Gasteiger partial charge < -0.3 is 9.84 Å². The number of rotatable bonds is 7. The zero-order valence-corrected chi connectivity index (χ0v) is 12.6. The van der Waals surface area contributed by atoms with Crippen molar-refractivity contribution in [1.29, 1.82) is 0 Å². The highest BCUT2D eigenvalue weighted by atomic mass is 19.1. The Labute approximate surface area is 124 Å². The number of nitrogens with one attached hydrogen (secondary N) is 1. The summed E-state index contributed by atoms with van der Waals surface area (Å²) in [4.78, 5) is 11.8. The molecule has 1 fully saturated rings. The Balaban J connectivity index is 2.14. The first-order chi connectivity index (χ1) is 9.85. The SMILES string of the molecule is Cc1ccc(OCC(NC(C)C)(C(=O)O)C2CC2)cc1F. The largest absolute Gasteiger partial charge is 0.491 e. The first-order valence-corrected chi connectivity index (χ1v) is 7.25. The molecule has 21 heavy (non-hydrogen) atoms. The number of carbonyl (C=O) groups is 1. The van der Waals surface area contributed by atoms with E-state index >= 15 is 0 Å². The van der Waals surface area contributed by atoms with Crippen molar-refractivity contribution in [2.75, 3.05) is 6.61 Å². The molecule has 0 aliphatic heterocycles. The van der Waals surface area contributed by atoms with Crippen LogP contribution in [0.5, 0.6) is 5.75 Å². The lowest BCUT2D eigenvalue weighted by Gasteiger charge is -2.32. The van der Waals surface area contributed by atoms with Gasteiger partial charge in [-0.05, 0) is 51.2 Å². The highest BCUT2D eigenvalue weighted by Gasteiger charge is 2.52. The monoisotopic (exact) mass is 295 g/mol. The molecule has 0 amide bonds. The summed E-state index contributed by atoms with van der Waals surface area (Å²) in [6.07, 6.45) is 1.75. The topological polar surface area (TPSA) is 58.6 Å². The second-order valence-corrected chi connectivity index (χ2v) is 6.05. The van der Waals surface area contributed by atoms with Crippen molar-refractivity contribution in [2.45, 2.75) is 45.2 Å². The predicted molar refractivity (Wildman–Crippen MR) is 78.0 cm³/mol. The molecule has 0 saturated heterocycles. The van der Waals surface area contributed by atoms with Crippen LogP contribution in [0.1, 0.15) is 32.3 Å². The quantitative estimate of drug-likeness (QED) is 0.812. The zero-order valence-electron chi connectivity index (χ0n) is 12.6. The maximum atomic E-state index is 13.5. The van der Waals surface area contributed by atoms with Crippen molar-refractivity contribution in [1.82, 2.24) is 5.32 Å². The molecule has 2 N–H and O–H groups in total. The fourth-order valence-corrected chi connectivity index (χ4v) is 2.53. The second-order valence-electron chi connectivity index (χ2n) is 6.05. The van der Waals surface area contributed by atoms with E-state index in [0.717, 1.165) is 12.8 Å². The van der Waals surface area contributed by atoms with Crippen molar-refractivity contribution in [2.24, 2.45) is 5.92 Å². The Morgan fingerprint density at radius 3 is 2.67 bits per heavy atom. The summed E-state index contributed by atoms with van der Waals surface area (Å²) in [5.41, 5.74) is -0.565. The molecular formula is C16H22FNO3. The molecule has 1 aliphatic carbocycles. The molecule has 1 atom stereocenters. The molecule has 1 aromatic carbocycles. The smallest absolute Gasteiger partial charge is 0.327 e. The van der Waals surface area contributed by atoms with Gasteiger partial charge in [-0.2, -0.15) is 0 Å². The van der Waals surface area contributed by atoms with Crippen LogP contribution in [-0.2, 0) is 4.79 Å². The van der Waals surface area contributed by atoms with E-state index in [-0.39, 0.29) is 24.4 Å². The van der Waals surface area contributed by atoms with Gasteiger partial charge in [0.15, 0.2) is 5.54 Å². The molecule has 4 nitrogen and oxygen atoms in total. The van der Waals surface area contributed by atoms with E-state index in [9.17, 15) is 14.3 Å². The third-order valence-electron chi connectivity index (χ3n) is 3.81. The Hall–Kier alpha value is -1.62. The summed E-state index contributed by atoms with van der Waals surface area (Å²) in [5, 5.41) is 12.8. The lowest BCUT2D eigenvalue weighted by atomic mass is 9.93. The van der Waals surface area contributed by atoms with Crippen LogP contribution in [-0.4, -0.2) is 29.3 Å². The number of benzene rings is 1. The Morgan fingerprint density at radius 2 is 2.19 bits per heavy atom. The Morgan fingerprint density at radius 1 is 1.52 bits per heavy atom. The van der Waals surface area contributed by atoms with Gasteiger partial charge >= 0.3 is 5.97 Å². The first-order valence-electron chi connectivity index (χ1n) is 7.25. The van der Waals surface area contributed by atoms with Gasteiger partial charge in [0.25, 0.3) is 0 Å². The van der Waals surface area contributed by atoms with Crippen LogP contribution >= 0.6 is 0 Å². The van der Waals surface area contributed by atoms with E-state index in [2.05, 4.69) is 5.32 Å². The number of hydrogen-bond acceptors (Lipinski definition) is 3. The van der Waals surface area contributed by atoms with E-state index in [1.165, 1.54) is 6.07 Å². The molecule has 1 unspecified atom stereocenters. The van der Waals surface area contributed by atoms with E-state index < -0.39 is 11.5 Å². The van der Waals surface area contributed by atoms with Gasteiger partial charge in [-0.3, -0.25) is 10.1 Å². The lowest BCUT2D eigenvalue weighted by Crippen LogP contribution is -2.60. The normalized spacial score (nSPS) is 17.6. The summed E-state index contributed by atoms with van der Waals surface area (Å²) in [7, 11) is 0. The maximum Gasteiger partial charge on any atom is 0.327 e. The third-order valence-corrected chi connectivity index (χ3v) is 3.81. The fourth-order valence-electron chi connectivity index (χ4n) is 2.53. The first kappa shape index (κ1) is 15.8. The Bertz CT molecular complexity index is 528. The zero-order chi connectivity index (χ0) is 15.6. The molecule has 0 radical (unpaired) electrons. The minimum atomic E-state index is -1.10. The van der Waals surface area contributed by atoms with Crippen molar-refractivity contribution in [3.8, 4) is 5.75 Å². The molecule has 2 rings (SSSR count). The van der Waals surface area contributed by atoms with Crippen molar-refractivity contribution < 1.29 is 19.0 Å². The summed E-state index contributed by atoms with van der Waals surface area (Å²) >= 11 is 0. The molecule has 1 aromatic rings. The predicted octanol–water partition coefficient (Wildman–Crippen LogP) is 2.74. The van der Waals surface area contributed by atoms with Crippen molar-refractivity contribution in [3.05, 3.63) is 29.6 Å². The third kappa shape index (κ3) is 3.53. The number of halogens is 1. The summed E-state index contributed by atoms with van der Waals surface area (Å²) in [6.45, 7) is 5.48. The lowest BCUT2D eigenvalue weighted by molar-refractivity contribution is -0.148. The summed E-state index contributed by atoms with van der Waals surface area (Å²) in [5.74, 6) is -0.842. The van der Waals surface area contributed by atoms with Crippen LogP contribution < -0.4 is 10.1 Å². The molecule has 0 aromatic heterocycles. The minimum absolute atomic E-state index is 0.00627. The second kappa shape index (κ2) is 6.02. The van der Waals surface area contributed by atoms with Crippen LogP contribution in [0.15, 0.2) is 18.2 Å². The molecule has 1 aliphatic rings. The molecule has 5 heteroatoms. The molecule has 0 bridgehead atoms. The van der Waals surface area contributed by atoms with Gasteiger partial charge in [-0.15, -0.1) is 0 Å². The Kier molecular flexibility index (Phi) is 4.52. The highest BCUT2D eigenvalue weighted by Crippen LogP contribution is 2.40. The van der Waals surface area contributed by atoms with Crippen molar-refractivity contribution >= 4 is 5.97 Å². The number of carboxylic acids is 1. The number of carboxylic acid groups (broad SMARTS) is 1. The maximum absolute atomic E-state index is 13.5. The van der Waals surface area contributed by atoms with Gasteiger partial charge in [0.2, 0.25) is 0 Å². The fraction of sp³-hybridized carbons (Fsp3) is 0.562. The van der Waals surface area contributed by atoms with Crippen LogP contribution in [0.2, 0.25) is 0 Å². The van der Waals surface area contributed by atoms with Crippen LogP contribution in [0, 0.1) is 18.7 Å². The molecule has 0 heterocycles. The van der Waals surface area contributed by atoms with Gasteiger partial charge in [-0.1, -0.05) is 6.07 Å². The van der Waals surface area contributed by atoms with Gasteiger partial charge in [0.05, 0.1) is 0 Å². The van der Waals surface area contributed by atoms with E-state index in [0.29, 0.717) is 11.3 Å². The summed E-state index contributed by atoms with van der Waals surface area (Å²) in [6, 6.07) is 4.61. The van der Waals surface area contributed by atoms with Crippen molar-refractivity contribution in [3.63, 3.8) is 0 Å². The number of hydrogen-bond donors (Lipinski definition) is 2. The van der Waals surface area contributed by atoms with Crippen LogP contribution in [0.3, 0.4) is 0 Å². The van der Waals surface area contributed by atoms with E-state index in [1.54, 1.807) is 19.1 Å². The van der Waals surface area contributed by atoms with Crippen LogP contribution in [0.4, 0.5) is 4.39 Å². The average Bonchev–Trinajstić information content (AvgIpc) is 3.22. The van der Waals surface area contributed by atoms with Gasteiger partial charge in [0.1, 0.15) is 18.2 Å². The average molecular weight is 295 g/mol. The molecule has 1 saturated carbocycles. The molecular weight excluding hydrogens is 273 g/mol. The molecule has 116 valence electrons. The van der Waals surface area contributed by atoms with Gasteiger partial charge in [0, 0.05) is 12.1 Å². The minimum Gasteiger partial charge on any atom is -0.491 e. The highest BCUT2D eigenvalue weighted by molar-refractivity contribution is 5.80. The van der Waals surface area contributed by atoms with E-state index in [4.69, 9.17) is 4.74 Å². The molecule has 0 spiro atoms. The van der Waals surface area contributed by atoms with E-state index in [1.807, 2.05) is 13.8 Å². The number of aliphatic carboxylic acids is 1. The van der Waals surface area contributed by atoms with Crippen LogP contribution in [0.25, 0.3) is 0 Å². The number of aryl methyl sites for hydroxylation is 1. The van der Waals surface area contributed by atoms with Gasteiger partial charge in [-0.25, -0.2) is 4.39 Å². The summed E-state index contributed by atoms with van der Waals surface area (Å²) < 4.78 is 19.1. The standard InChI is InChI=1S/C16H22FNO3/c1-10(2)18-16(15(19)20,12-5-6-12)9-21-13-7-4-11(3)14(17)8-13/h4,7-8,10,12,18H,5-6,9H2,1-3H3,(H,19,20).